The summed E-state index contributed by atoms with van der Waals surface area (Å²) in [5, 5.41) is 9.16. The van der Waals surface area contributed by atoms with E-state index < -0.39 is 0 Å². The van der Waals surface area contributed by atoms with Gasteiger partial charge in [0, 0.05) is 25.0 Å². The van der Waals surface area contributed by atoms with Gasteiger partial charge in [-0.15, -0.1) is 0 Å². The largest absolute Gasteiger partial charge is 0.395 e. The zero-order valence-electron chi connectivity index (χ0n) is 8.26. The second-order valence-corrected chi connectivity index (χ2v) is 3.81. The summed E-state index contributed by atoms with van der Waals surface area (Å²) in [6.07, 6.45) is 6.01. The molecule has 2 heterocycles. The molecule has 2 rings (SSSR count). The Hall–Kier alpha value is -0.930. The second-order valence-electron chi connectivity index (χ2n) is 3.81. The zero-order valence-corrected chi connectivity index (χ0v) is 8.26. The van der Waals surface area contributed by atoms with Crippen LogP contribution in [0.4, 0.5) is 0 Å². The van der Waals surface area contributed by atoms with Crippen LogP contribution in [0.25, 0.3) is 0 Å². The van der Waals surface area contributed by atoms with E-state index in [4.69, 9.17) is 5.11 Å². The van der Waals surface area contributed by atoms with E-state index in [-0.39, 0.29) is 6.61 Å². The van der Waals surface area contributed by atoms with Crippen molar-refractivity contribution in [3.05, 3.63) is 30.1 Å². The van der Waals surface area contributed by atoms with Crippen LogP contribution in [-0.4, -0.2) is 34.2 Å². The number of rotatable bonds is 3. The van der Waals surface area contributed by atoms with Gasteiger partial charge in [0.15, 0.2) is 0 Å². The molecule has 1 N–H and O–H groups in total. The molecule has 0 unspecified atom stereocenters. The van der Waals surface area contributed by atoms with Crippen LogP contribution < -0.4 is 0 Å². The van der Waals surface area contributed by atoms with Crippen molar-refractivity contribution in [2.75, 3.05) is 13.2 Å². The Labute approximate surface area is 84.4 Å². The van der Waals surface area contributed by atoms with Gasteiger partial charge >= 0.3 is 0 Å². The third kappa shape index (κ3) is 2.11. The van der Waals surface area contributed by atoms with Crippen molar-refractivity contribution in [2.45, 2.75) is 25.4 Å². The van der Waals surface area contributed by atoms with Crippen LogP contribution in [0.2, 0.25) is 0 Å². The van der Waals surface area contributed by atoms with Gasteiger partial charge in [-0.05, 0) is 31.0 Å². The van der Waals surface area contributed by atoms with Gasteiger partial charge in [-0.2, -0.15) is 0 Å². The fourth-order valence-electron chi connectivity index (χ4n) is 2.04. The van der Waals surface area contributed by atoms with Crippen molar-refractivity contribution in [1.82, 2.24) is 9.88 Å². The van der Waals surface area contributed by atoms with E-state index in [1.54, 1.807) is 6.20 Å². The highest BCUT2D eigenvalue weighted by Crippen LogP contribution is 2.18. The van der Waals surface area contributed by atoms with Crippen LogP contribution in [-0.2, 0) is 6.54 Å². The van der Waals surface area contributed by atoms with Crippen molar-refractivity contribution < 1.29 is 5.11 Å². The average Bonchev–Trinajstić information content (AvgIpc) is 2.67. The fourth-order valence-corrected chi connectivity index (χ4v) is 2.04. The van der Waals surface area contributed by atoms with Gasteiger partial charge in [0.2, 0.25) is 0 Å². The predicted octanol–water partition coefficient (Wildman–Crippen LogP) is 1.04. The first-order valence-corrected chi connectivity index (χ1v) is 5.14. The number of pyridine rings is 1. The number of aromatic nitrogens is 1. The van der Waals surface area contributed by atoms with Crippen LogP contribution in [0.3, 0.4) is 0 Å². The maximum Gasteiger partial charge on any atom is 0.0587 e. The molecule has 0 spiro atoms. The van der Waals surface area contributed by atoms with Crippen LogP contribution in [0.15, 0.2) is 24.5 Å². The van der Waals surface area contributed by atoms with Crippen molar-refractivity contribution in [3.63, 3.8) is 0 Å². The van der Waals surface area contributed by atoms with Gasteiger partial charge < -0.3 is 5.11 Å². The Kier molecular flexibility index (Phi) is 3.11. The van der Waals surface area contributed by atoms with Crippen LogP contribution in [0.5, 0.6) is 0 Å². The van der Waals surface area contributed by atoms with Crippen molar-refractivity contribution in [3.8, 4) is 0 Å². The Morgan fingerprint density at radius 1 is 1.57 bits per heavy atom. The van der Waals surface area contributed by atoms with E-state index in [9.17, 15) is 0 Å². The number of hydrogen-bond acceptors (Lipinski definition) is 3. The first-order chi connectivity index (χ1) is 6.90. The molecule has 1 atom stereocenters. The van der Waals surface area contributed by atoms with Crippen LogP contribution >= 0.6 is 0 Å². The van der Waals surface area contributed by atoms with Crippen molar-refractivity contribution in [2.24, 2.45) is 0 Å². The number of hydrogen-bond donors (Lipinski definition) is 1. The SMILES string of the molecule is OC[C@@H]1CCCN1Cc1cccnc1. The third-order valence-electron chi connectivity index (χ3n) is 2.82. The highest BCUT2D eigenvalue weighted by atomic mass is 16.3. The Balaban J connectivity index is 1.97. The first-order valence-electron chi connectivity index (χ1n) is 5.14. The topological polar surface area (TPSA) is 36.4 Å². The molecule has 3 heteroatoms. The first kappa shape index (κ1) is 9.62. The highest BCUT2D eigenvalue weighted by molar-refractivity contribution is 5.08. The van der Waals surface area contributed by atoms with E-state index in [0.717, 1.165) is 19.5 Å². The van der Waals surface area contributed by atoms with Crippen molar-refractivity contribution >= 4 is 0 Å². The average molecular weight is 192 g/mol. The maximum atomic E-state index is 9.16. The fraction of sp³-hybridized carbons (Fsp3) is 0.545. The third-order valence-corrected chi connectivity index (χ3v) is 2.82. The lowest BCUT2D eigenvalue weighted by molar-refractivity contribution is 0.153. The standard InChI is InChI=1S/C11H16N2O/c14-9-11-4-2-6-13(11)8-10-3-1-5-12-7-10/h1,3,5,7,11,14H,2,4,6,8-9H2/t11-/m0/s1. The number of nitrogens with zero attached hydrogens (tertiary/aromatic N) is 2. The molecule has 1 aromatic rings. The molecule has 0 saturated carbocycles. The minimum absolute atomic E-state index is 0.278. The highest BCUT2D eigenvalue weighted by Gasteiger charge is 2.23. The molecule has 0 radical (unpaired) electrons. The summed E-state index contributed by atoms with van der Waals surface area (Å²) in [6, 6.07) is 4.40. The minimum Gasteiger partial charge on any atom is -0.395 e. The van der Waals surface area contributed by atoms with E-state index in [1.165, 1.54) is 12.0 Å². The summed E-state index contributed by atoms with van der Waals surface area (Å²) >= 11 is 0. The van der Waals surface area contributed by atoms with Gasteiger partial charge in [0.1, 0.15) is 0 Å². The molecule has 1 fully saturated rings. The molecule has 1 aliphatic rings. The molecule has 1 saturated heterocycles. The van der Waals surface area contributed by atoms with E-state index >= 15 is 0 Å². The molecule has 14 heavy (non-hydrogen) atoms. The molecule has 1 aliphatic heterocycles. The summed E-state index contributed by atoms with van der Waals surface area (Å²) in [5.74, 6) is 0. The second kappa shape index (κ2) is 4.53. The van der Waals surface area contributed by atoms with E-state index in [0.29, 0.717) is 6.04 Å². The van der Waals surface area contributed by atoms with E-state index in [1.807, 2.05) is 12.3 Å². The minimum atomic E-state index is 0.278. The smallest absolute Gasteiger partial charge is 0.0587 e. The predicted molar refractivity (Wildman–Crippen MR) is 54.8 cm³/mol. The zero-order chi connectivity index (χ0) is 9.80. The summed E-state index contributed by atoms with van der Waals surface area (Å²) < 4.78 is 0. The Morgan fingerprint density at radius 3 is 3.21 bits per heavy atom. The normalized spacial score (nSPS) is 22.8. The van der Waals surface area contributed by atoms with Gasteiger partial charge in [0.05, 0.1) is 6.61 Å². The maximum absolute atomic E-state index is 9.16. The lowest BCUT2D eigenvalue weighted by Gasteiger charge is -2.22. The van der Waals surface area contributed by atoms with Gasteiger partial charge in [-0.1, -0.05) is 6.07 Å². The van der Waals surface area contributed by atoms with Crippen molar-refractivity contribution in [1.29, 1.82) is 0 Å². The molecular formula is C11H16N2O. The lowest BCUT2D eigenvalue weighted by atomic mass is 10.2. The molecule has 3 nitrogen and oxygen atoms in total. The molecule has 0 aromatic carbocycles. The summed E-state index contributed by atoms with van der Waals surface area (Å²) in [6.45, 7) is 2.29. The molecule has 0 bridgehead atoms. The van der Waals surface area contributed by atoms with Gasteiger partial charge in [0.25, 0.3) is 0 Å². The molecule has 76 valence electrons. The molecule has 0 amide bonds. The molecule has 0 aliphatic carbocycles. The van der Waals surface area contributed by atoms with Crippen LogP contribution in [0, 0.1) is 0 Å². The molecular weight excluding hydrogens is 176 g/mol. The summed E-state index contributed by atoms with van der Waals surface area (Å²) in [5.41, 5.74) is 1.23. The lowest BCUT2D eigenvalue weighted by Crippen LogP contribution is -2.31. The Bertz CT molecular complexity index is 276. The Morgan fingerprint density at radius 2 is 2.50 bits per heavy atom. The number of aliphatic hydroxyl groups excluding tert-OH is 1. The van der Waals surface area contributed by atoms with Gasteiger partial charge in [-0.25, -0.2) is 0 Å². The quantitative estimate of drug-likeness (QED) is 0.777. The number of likely N-dealkylation sites (tertiary alicyclic amines) is 1. The van der Waals surface area contributed by atoms with E-state index in [2.05, 4.69) is 16.0 Å². The van der Waals surface area contributed by atoms with Crippen LogP contribution in [0.1, 0.15) is 18.4 Å². The number of aliphatic hydroxyl groups is 1. The molecule has 1 aromatic heterocycles. The summed E-state index contributed by atoms with van der Waals surface area (Å²) in [4.78, 5) is 6.42. The summed E-state index contributed by atoms with van der Waals surface area (Å²) in [7, 11) is 0. The monoisotopic (exact) mass is 192 g/mol. The van der Waals surface area contributed by atoms with Gasteiger partial charge in [-0.3, -0.25) is 9.88 Å².